The zero-order valence-corrected chi connectivity index (χ0v) is 17.6. The molecular weight excluding hydrogens is 364 g/mol. The van der Waals surface area contributed by atoms with Gasteiger partial charge in [-0.05, 0) is 30.0 Å². The number of nitrogens with one attached hydrogen (secondary N) is 1. The van der Waals surface area contributed by atoms with Crippen LogP contribution in [-0.4, -0.2) is 17.4 Å². The zero-order chi connectivity index (χ0) is 19.6. The average molecular weight is 395 g/mol. The molecule has 0 saturated heterocycles. The summed E-state index contributed by atoms with van der Waals surface area (Å²) in [4.78, 5) is 18.7. The lowest BCUT2D eigenvalue weighted by molar-refractivity contribution is 0.0954. The van der Waals surface area contributed by atoms with Crippen LogP contribution >= 0.6 is 11.3 Å². The van der Waals surface area contributed by atoms with E-state index in [4.69, 9.17) is 4.98 Å². The van der Waals surface area contributed by atoms with E-state index in [0.717, 1.165) is 34.4 Å². The van der Waals surface area contributed by atoms with Gasteiger partial charge in [0.15, 0.2) is 0 Å². The molecule has 3 aromatic rings. The summed E-state index contributed by atoms with van der Waals surface area (Å²) in [6, 6.07) is 13.9. The highest BCUT2D eigenvalue weighted by molar-refractivity contribution is 7.13. The lowest BCUT2D eigenvalue weighted by atomic mass is 10.1. The monoisotopic (exact) mass is 394 g/mol. The lowest BCUT2D eigenvalue weighted by Gasteiger charge is -2.10. The van der Waals surface area contributed by atoms with Crippen LogP contribution in [0.1, 0.15) is 68.6 Å². The molecule has 0 bridgehead atoms. The number of carbonyl (C=O) groups excluding carboxylic acids is 1. The summed E-state index contributed by atoms with van der Waals surface area (Å²) >= 11 is 1.64. The van der Waals surface area contributed by atoms with Gasteiger partial charge in [0.25, 0.3) is 5.91 Å². The number of thiophene rings is 1. The third kappa shape index (κ3) is 5.65. The summed E-state index contributed by atoms with van der Waals surface area (Å²) < 4.78 is 0. The molecule has 1 aromatic carbocycles. The Bertz CT molecular complexity index is 873. The second-order valence-corrected chi connectivity index (χ2v) is 8.23. The third-order valence-corrected chi connectivity index (χ3v) is 5.94. The molecule has 148 valence electrons. The minimum atomic E-state index is -0.000600. The summed E-state index contributed by atoms with van der Waals surface area (Å²) in [5.41, 5.74) is 2.45. The van der Waals surface area contributed by atoms with Crippen molar-refractivity contribution in [3.63, 3.8) is 0 Å². The Balaban J connectivity index is 1.57. The normalized spacial score (nSPS) is 11.0. The first kappa shape index (κ1) is 20.5. The van der Waals surface area contributed by atoms with Crippen LogP contribution in [0.25, 0.3) is 21.5 Å². The molecule has 3 rings (SSSR count). The second-order valence-electron chi connectivity index (χ2n) is 7.28. The molecule has 2 aromatic heterocycles. The SMILES string of the molecule is CCCCCCCCCCNC(=O)c1cc(-c2cccs2)nc2ccccc12. The molecule has 0 spiro atoms. The van der Waals surface area contributed by atoms with Crippen molar-refractivity contribution in [3.05, 3.63) is 53.4 Å². The number of rotatable bonds is 11. The molecule has 2 heterocycles. The van der Waals surface area contributed by atoms with Crippen LogP contribution in [0.5, 0.6) is 0 Å². The summed E-state index contributed by atoms with van der Waals surface area (Å²) in [6.45, 7) is 2.98. The number of para-hydroxylation sites is 1. The quantitative estimate of drug-likeness (QED) is 0.362. The van der Waals surface area contributed by atoms with Gasteiger partial charge in [-0.15, -0.1) is 11.3 Å². The Hall–Kier alpha value is -2.20. The first-order valence-electron chi connectivity index (χ1n) is 10.5. The van der Waals surface area contributed by atoms with Crippen LogP contribution in [0.3, 0.4) is 0 Å². The van der Waals surface area contributed by atoms with Gasteiger partial charge in [-0.2, -0.15) is 0 Å². The van der Waals surface area contributed by atoms with Gasteiger partial charge in [-0.1, -0.05) is 76.1 Å². The molecule has 0 radical (unpaired) electrons. The molecule has 0 atom stereocenters. The van der Waals surface area contributed by atoms with Crippen molar-refractivity contribution in [2.24, 2.45) is 0 Å². The number of hydrogen-bond donors (Lipinski definition) is 1. The largest absolute Gasteiger partial charge is 0.352 e. The van der Waals surface area contributed by atoms with Crippen molar-refractivity contribution in [2.45, 2.75) is 58.3 Å². The number of aromatic nitrogens is 1. The van der Waals surface area contributed by atoms with Crippen LogP contribution in [0.15, 0.2) is 47.8 Å². The molecule has 0 aliphatic heterocycles. The van der Waals surface area contributed by atoms with E-state index in [1.165, 1.54) is 44.9 Å². The lowest BCUT2D eigenvalue weighted by Crippen LogP contribution is -2.24. The van der Waals surface area contributed by atoms with Crippen LogP contribution in [-0.2, 0) is 0 Å². The smallest absolute Gasteiger partial charge is 0.252 e. The van der Waals surface area contributed by atoms with Crippen LogP contribution in [0.4, 0.5) is 0 Å². The highest BCUT2D eigenvalue weighted by atomic mass is 32.1. The highest BCUT2D eigenvalue weighted by Crippen LogP contribution is 2.27. The van der Waals surface area contributed by atoms with E-state index < -0.39 is 0 Å². The van der Waals surface area contributed by atoms with E-state index >= 15 is 0 Å². The molecule has 0 fully saturated rings. The molecule has 1 N–H and O–H groups in total. The van der Waals surface area contributed by atoms with Crippen LogP contribution < -0.4 is 5.32 Å². The Morgan fingerprint density at radius 2 is 1.71 bits per heavy atom. The zero-order valence-electron chi connectivity index (χ0n) is 16.7. The summed E-state index contributed by atoms with van der Waals surface area (Å²) in [5, 5.41) is 6.06. The van der Waals surface area contributed by atoms with Crippen molar-refractivity contribution in [3.8, 4) is 10.6 Å². The molecule has 1 amide bonds. The van der Waals surface area contributed by atoms with E-state index in [1.807, 2.05) is 47.8 Å². The van der Waals surface area contributed by atoms with E-state index in [0.29, 0.717) is 5.56 Å². The minimum Gasteiger partial charge on any atom is -0.352 e. The standard InChI is InChI=1S/C24H30N2OS/c1-2-3-4-5-6-7-8-11-16-25-24(27)20-18-22(23-15-12-17-28-23)26-21-14-10-9-13-19(20)21/h9-10,12-15,17-18H,2-8,11,16H2,1H3,(H,25,27). The molecular formula is C24H30N2OS. The van der Waals surface area contributed by atoms with Crippen molar-refractivity contribution in [1.29, 1.82) is 0 Å². The number of carbonyl (C=O) groups is 1. The average Bonchev–Trinajstić information content (AvgIpc) is 3.26. The summed E-state index contributed by atoms with van der Waals surface area (Å²) in [5.74, 6) is -0.000600. The maximum atomic E-state index is 12.9. The van der Waals surface area contributed by atoms with Gasteiger partial charge in [-0.3, -0.25) is 4.79 Å². The van der Waals surface area contributed by atoms with E-state index in [-0.39, 0.29) is 5.91 Å². The van der Waals surface area contributed by atoms with Gasteiger partial charge < -0.3 is 5.32 Å². The van der Waals surface area contributed by atoms with Gasteiger partial charge in [0.05, 0.1) is 21.7 Å². The second kappa shape index (κ2) is 11.0. The summed E-state index contributed by atoms with van der Waals surface area (Å²) in [6.07, 6.45) is 10.1. The fourth-order valence-corrected chi connectivity index (χ4v) is 4.16. The van der Waals surface area contributed by atoms with Gasteiger partial charge in [0.1, 0.15) is 0 Å². The fraction of sp³-hybridized carbons (Fsp3) is 0.417. The van der Waals surface area contributed by atoms with E-state index in [1.54, 1.807) is 11.3 Å². The number of amides is 1. The molecule has 3 nitrogen and oxygen atoms in total. The maximum absolute atomic E-state index is 12.9. The molecule has 0 saturated carbocycles. The number of unbranched alkanes of at least 4 members (excludes halogenated alkanes) is 7. The van der Waals surface area contributed by atoms with Gasteiger partial charge in [-0.25, -0.2) is 4.98 Å². The Kier molecular flexibility index (Phi) is 8.04. The van der Waals surface area contributed by atoms with Gasteiger partial charge in [0.2, 0.25) is 0 Å². The van der Waals surface area contributed by atoms with Crippen molar-refractivity contribution >= 4 is 28.1 Å². The maximum Gasteiger partial charge on any atom is 0.252 e. The first-order valence-corrected chi connectivity index (χ1v) is 11.4. The number of hydrogen-bond acceptors (Lipinski definition) is 3. The van der Waals surface area contributed by atoms with Crippen molar-refractivity contribution in [2.75, 3.05) is 6.54 Å². The molecule has 0 aliphatic carbocycles. The number of nitrogens with zero attached hydrogens (tertiary/aromatic N) is 1. The van der Waals surface area contributed by atoms with E-state index in [2.05, 4.69) is 12.2 Å². The van der Waals surface area contributed by atoms with E-state index in [9.17, 15) is 4.79 Å². The number of fused-ring (bicyclic) bond motifs is 1. The topological polar surface area (TPSA) is 42.0 Å². The predicted molar refractivity (Wildman–Crippen MR) is 120 cm³/mol. The Morgan fingerprint density at radius 1 is 0.964 bits per heavy atom. The Morgan fingerprint density at radius 3 is 2.46 bits per heavy atom. The molecule has 0 aliphatic rings. The van der Waals surface area contributed by atoms with Gasteiger partial charge in [0, 0.05) is 11.9 Å². The Labute approximate surface area is 172 Å². The van der Waals surface area contributed by atoms with Crippen molar-refractivity contribution < 1.29 is 4.79 Å². The molecule has 0 unspecified atom stereocenters. The molecule has 28 heavy (non-hydrogen) atoms. The van der Waals surface area contributed by atoms with Gasteiger partial charge >= 0.3 is 0 Å². The highest BCUT2D eigenvalue weighted by Gasteiger charge is 2.13. The number of pyridine rings is 1. The van der Waals surface area contributed by atoms with Crippen LogP contribution in [0.2, 0.25) is 0 Å². The van der Waals surface area contributed by atoms with Crippen molar-refractivity contribution in [1.82, 2.24) is 10.3 Å². The van der Waals surface area contributed by atoms with Crippen LogP contribution in [0, 0.1) is 0 Å². The predicted octanol–water partition coefficient (Wildman–Crippen LogP) is 6.83. The fourth-order valence-electron chi connectivity index (χ4n) is 3.47. The summed E-state index contributed by atoms with van der Waals surface area (Å²) in [7, 11) is 0. The molecule has 4 heteroatoms. The minimum absolute atomic E-state index is 0.000600. The third-order valence-electron chi connectivity index (χ3n) is 5.05. The number of benzene rings is 1. The first-order chi connectivity index (χ1) is 13.8.